The third-order valence-electron chi connectivity index (χ3n) is 5.61. The smallest absolute Gasteiger partial charge is 0.217 e. The van der Waals surface area contributed by atoms with Gasteiger partial charge in [0.15, 0.2) is 5.78 Å². The van der Waals surface area contributed by atoms with Crippen molar-refractivity contribution in [2.45, 2.75) is 83.8 Å². The van der Waals surface area contributed by atoms with E-state index in [-0.39, 0.29) is 5.78 Å². The Balaban J connectivity index is 1.61. The second-order valence-electron chi connectivity index (χ2n) is 8.43. The van der Waals surface area contributed by atoms with Gasteiger partial charge in [-0.3, -0.25) is 4.79 Å². The number of anilines is 1. The van der Waals surface area contributed by atoms with Crippen molar-refractivity contribution in [3.63, 3.8) is 0 Å². The Bertz CT molecular complexity index is 796. The molecule has 2 rings (SSSR count). The average Bonchev–Trinajstić information content (AvgIpc) is 2.80. The Labute approximate surface area is 193 Å². The van der Waals surface area contributed by atoms with Crippen LogP contribution in [0.2, 0.25) is 0 Å². The number of rotatable bonds is 16. The molecule has 174 valence electrons. The van der Waals surface area contributed by atoms with E-state index < -0.39 is 6.29 Å². The molecule has 2 aromatic rings. The van der Waals surface area contributed by atoms with Gasteiger partial charge < -0.3 is 15.6 Å². The molecule has 2 aromatic carbocycles. The third kappa shape index (κ3) is 10.6. The predicted octanol–water partition coefficient (Wildman–Crippen LogP) is 6.87. The number of hydrogen-bond acceptors (Lipinski definition) is 4. The summed E-state index contributed by atoms with van der Waals surface area (Å²) in [4.78, 5) is 12.1. The maximum absolute atomic E-state index is 12.1. The summed E-state index contributed by atoms with van der Waals surface area (Å²) in [7, 11) is 0. The highest BCUT2D eigenvalue weighted by Gasteiger charge is 2.05. The summed E-state index contributed by atoms with van der Waals surface area (Å²) < 4.78 is 5.48. The minimum absolute atomic E-state index is 0.209. The maximum atomic E-state index is 12.1. The molecule has 0 aliphatic carbocycles. The number of nitrogen functional groups attached to an aromatic ring is 1. The molecular weight excluding hydrogens is 398 g/mol. The zero-order chi connectivity index (χ0) is 23.0. The lowest BCUT2D eigenvalue weighted by molar-refractivity contribution is 0.0245. The Hall–Kier alpha value is -2.59. The second-order valence-corrected chi connectivity index (χ2v) is 8.43. The van der Waals surface area contributed by atoms with Gasteiger partial charge in [0.2, 0.25) is 6.29 Å². The van der Waals surface area contributed by atoms with Crippen molar-refractivity contribution in [2.75, 3.05) is 5.73 Å². The Kier molecular flexibility index (Phi) is 12.2. The topological polar surface area (TPSA) is 72.5 Å². The van der Waals surface area contributed by atoms with Crippen molar-refractivity contribution in [2.24, 2.45) is 0 Å². The number of aliphatic hydroxyl groups is 1. The van der Waals surface area contributed by atoms with E-state index in [0.29, 0.717) is 17.0 Å². The van der Waals surface area contributed by atoms with Gasteiger partial charge in [0.25, 0.3) is 0 Å². The van der Waals surface area contributed by atoms with E-state index in [9.17, 15) is 9.90 Å². The Morgan fingerprint density at radius 1 is 0.875 bits per heavy atom. The minimum Gasteiger partial charge on any atom is -0.461 e. The molecule has 0 aliphatic rings. The van der Waals surface area contributed by atoms with Crippen LogP contribution in [0.1, 0.15) is 87.1 Å². The largest absolute Gasteiger partial charge is 0.461 e. The second kappa shape index (κ2) is 15.3. The van der Waals surface area contributed by atoms with Crippen LogP contribution < -0.4 is 10.5 Å². The molecule has 0 saturated heterocycles. The third-order valence-corrected chi connectivity index (χ3v) is 5.61. The summed E-state index contributed by atoms with van der Waals surface area (Å²) >= 11 is 0. The van der Waals surface area contributed by atoms with E-state index in [1.165, 1.54) is 81.9 Å². The van der Waals surface area contributed by atoms with Crippen LogP contribution in [0.25, 0.3) is 0 Å². The SMILES string of the molecule is CCCCCCCCCCCCc1ccc(OC(O)C=CC(=O)c2ccc(N)cc2)cc1. The molecule has 0 bridgehead atoms. The van der Waals surface area contributed by atoms with Gasteiger partial charge in [-0.15, -0.1) is 0 Å². The number of benzene rings is 2. The molecular formula is C28H39NO3. The van der Waals surface area contributed by atoms with Gasteiger partial charge in [-0.1, -0.05) is 76.8 Å². The molecule has 0 fully saturated rings. The highest BCUT2D eigenvalue weighted by atomic mass is 16.6. The summed E-state index contributed by atoms with van der Waals surface area (Å²) in [5.41, 5.74) is 8.02. The fraction of sp³-hybridized carbons (Fsp3) is 0.464. The molecule has 1 atom stereocenters. The van der Waals surface area contributed by atoms with Crippen LogP contribution in [-0.4, -0.2) is 17.2 Å². The van der Waals surface area contributed by atoms with Crippen molar-refractivity contribution in [1.82, 2.24) is 0 Å². The molecule has 0 radical (unpaired) electrons. The quantitative estimate of drug-likeness (QED) is 0.0988. The molecule has 0 aromatic heterocycles. The molecule has 32 heavy (non-hydrogen) atoms. The summed E-state index contributed by atoms with van der Waals surface area (Å²) in [5, 5.41) is 10.0. The molecule has 0 aliphatic heterocycles. The monoisotopic (exact) mass is 437 g/mol. The normalized spacial score (nSPS) is 12.2. The van der Waals surface area contributed by atoms with Crippen molar-refractivity contribution < 1.29 is 14.6 Å². The minimum atomic E-state index is -1.18. The molecule has 3 N–H and O–H groups in total. The van der Waals surface area contributed by atoms with Gasteiger partial charge in [0.1, 0.15) is 5.75 Å². The van der Waals surface area contributed by atoms with Crippen LogP contribution in [0, 0.1) is 0 Å². The number of hydrogen-bond donors (Lipinski definition) is 2. The van der Waals surface area contributed by atoms with E-state index >= 15 is 0 Å². The Morgan fingerprint density at radius 3 is 2.03 bits per heavy atom. The van der Waals surface area contributed by atoms with Crippen molar-refractivity contribution in [1.29, 1.82) is 0 Å². The van der Waals surface area contributed by atoms with Crippen LogP contribution in [0.15, 0.2) is 60.7 Å². The van der Waals surface area contributed by atoms with Gasteiger partial charge in [-0.25, -0.2) is 0 Å². The van der Waals surface area contributed by atoms with Crippen molar-refractivity contribution in [3.05, 3.63) is 71.8 Å². The first-order chi connectivity index (χ1) is 15.6. The number of nitrogens with two attached hydrogens (primary N) is 1. The predicted molar refractivity (Wildman–Crippen MR) is 133 cm³/mol. The number of aliphatic hydroxyl groups excluding tert-OH is 1. The van der Waals surface area contributed by atoms with E-state index in [0.717, 1.165) is 6.42 Å². The standard InChI is InChI=1S/C28H39NO3/c1-2-3-4-5-6-7-8-9-10-11-12-23-13-19-26(20-14-23)32-28(31)22-21-27(30)24-15-17-25(29)18-16-24/h13-22,28,31H,2-12,29H2,1H3. The number of aryl methyl sites for hydroxylation is 1. The van der Waals surface area contributed by atoms with Gasteiger partial charge in [-0.2, -0.15) is 0 Å². The van der Waals surface area contributed by atoms with E-state index in [4.69, 9.17) is 10.5 Å². The Morgan fingerprint density at radius 2 is 1.44 bits per heavy atom. The van der Waals surface area contributed by atoms with E-state index in [2.05, 4.69) is 6.92 Å². The number of ether oxygens (including phenoxy) is 1. The molecule has 0 heterocycles. The van der Waals surface area contributed by atoms with Crippen LogP contribution in [-0.2, 0) is 6.42 Å². The molecule has 1 unspecified atom stereocenters. The highest BCUT2D eigenvalue weighted by molar-refractivity contribution is 6.04. The lowest BCUT2D eigenvalue weighted by Crippen LogP contribution is -2.12. The van der Waals surface area contributed by atoms with Gasteiger partial charge in [0.05, 0.1) is 0 Å². The first-order valence-corrected chi connectivity index (χ1v) is 12.1. The van der Waals surface area contributed by atoms with Gasteiger partial charge >= 0.3 is 0 Å². The summed E-state index contributed by atoms with van der Waals surface area (Å²) in [6.07, 6.45) is 15.9. The first kappa shape index (κ1) is 25.7. The van der Waals surface area contributed by atoms with Crippen LogP contribution >= 0.6 is 0 Å². The highest BCUT2D eigenvalue weighted by Crippen LogP contribution is 2.17. The lowest BCUT2D eigenvalue weighted by atomic mass is 10.0. The fourth-order valence-electron chi connectivity index (χ4n) is 3.64. The maximum Gasteiger partial charge on any atom is 0.217 e. The number of carbonyl (C=O) groups is 1. The van der Waals surface area contributed by atoms with Crippen LogP contribution in [0.3, 0.4) is 0 Å². The van der Waals surface area contributed by atoms with E-state index in [1.807, 2.05) is 24.3 Å². The summed E-state index contributed by atoms with van der Waals surface area (Å²) in [5.74, 6) is 0.369. The molecule has 0 spiro atoms. The van der Waals surface area contributed by atoms with E-state index in [1.54, 1.807) is 24.3 Å². The summed E-state index contributed by atoms with van der Waals surface area (Å²) in [6.45, 7) is 2.26. The summed E-state index contributed by atoms with van der Waals surface area (Å²) in [6, 6.07) is 14.5. The number of unbranched alkanes of at least 4 members (excludes halogenated alkanes) is 9. The molecule has 4 nitrogen and oxygen atoms in total. The number of allylic oxidation sites excluding steroid dienone is 1. The number of carbonyl (C=O) groups excluding carboxylic acids is 1. The zero-order valence-corrected chi connectivity index (χ0v) is 19.5. The van der Waals surface area contributed by atoms with Crippen molar-refractivity contribution in [3.8, 4) is 5.75 Å². The van der Waals surface area contributed by atoms with Crippen LogP contribution in [0.5, 0.6) is 5.75 Å². The number of ketones is 1. The lowest BCUT2D eigenvalue weighted by Gasteiger charge is -2.10. The first-order valence-electron chi connectivity index (χ1n) is 12.1. The molecule has 4 heteroatoms. The fourth-order valence-corrected chi connectivity index (χ4v) is 3.64. The molecule has 0 saturated carbocycles. The van der Waals surface area contributed by atoms with Gasteiger partial charge in [0, 0.05) is 11.3 Å². The molecule has 0 amide bonds. The van der Waals surface area contributed by atoms with Gasteiger partial charge in [-0.05, 0) is 67.0 Å². The zero-order valence-electron chi connectivity index (χ0n) is 19.5. The average molecular weight is 438 g/mol. The van der Waals surface area contributed by atoms with Crippen LogP contribution in [0.4, 0.5) is 5.69 Å². The van der Waals surface area contributed by atoms with Crippen molar-refractivity contribution >= 4 is 11.5 Å².